The number of amides is 2. The molecule has 0 aromatic carbocycles. The van der Waals surface area contributed by atoms with Crippen molar-refractivity contribution in [3.8, 4) is 0 Å². The zero-order chi connectivity index (χ0) is 65.1. The molecule has 3 saturated carbocycles. The Kier molecular flexibility index (Phi) is 79.8. The number of nitrogens with zero attached hydrogens (tertiary/aromatic N) is 1. The first-order valence-electron chi connectivity index (χ1n) is 34.8. The summed E-state index contributed by atoms with van der Waals surface area (Å²) in [5.74, 6) is 12.2. The van der Waals surface area contributed by atoms with Crippen molar-refractivity contribution in [3.63, 3.8) is 0 Å². The highest BCUT2D eigenvalue weighted by atomic mass is 16.3. The van der Waals surface area contributed by atoms with Gasteiger partial charge in [0.1, 0.15) is 0 Å². The second-order valence-corrected chi connectivity index (χ2v) is 30.3. The second kappa shape index (κ2) is 67.5. The van der Waals surface area contributed by atoms with Gasteiger partial charge in [-0.3, -0.25) is 9.59 Å². The number of hydrogen-bond donors (Lipinski definition) is 3. The van der Waals surface area contributed by atoms with Gasteiger partial charge in [-0.05, 0) is 121 Å². The van der Waals surface area contributed by atoms with Crippen molar-refractivity contribution in [1.82, 2.24) is 10.6 Å². The number of nitrogens with one attached hydrogen (secondary N) is 2. The van der Waals surface area contributed by atoms with Gasteiger partial charge in [0.25, 0.3) is 0 Å². The fourth-order valence-corrected chi connectivity index (χ4v) is 6.85. The molecule has 0 bridgehead atoms. The van der Waals surface area contributed by atoms with Crippen molar-refractivity contribution < 1.29 is 14.7 Å². The summed E-state index contributed by atoms with van der Waals surface area (Å²) in [6.45, 7) is 77.0. The maximum absolute atomic E-state index is 11.0. The highest BCUT2D eigenvalue weighted by Gasteiger charge is 2.23. The standard InChI is InChI=1S/C9H20.C8H15NO.C8H16.C8H18.C7H14.C6H13NO.C6H11N.3C6H14.C5H12O/c1-8(2)6-7-9(3,4)5;1-6(2)8(10)9-5-7-3-4-7;1-7(2)3-4-8-5-6-8;1-7(2)5-6-8(3)4;1-6(2)5-7-3-4-7;1-4-7-6(8)5(2)3;1-6(2)4-5-7-3;3*1-4-5-6(2)3;1-5(2)3-4-6/h8H,6-7H2,1-5H3;6-7H,3-5H2,1-2H3,(H,9,10);7-8H,3-6H2,1-2H3;7-8H,5-6H2,1-4H3;6-7H,3-5H2,1-2H3;5H,4H2,1-3H3,(H,7,8);6H,4-5H2,1-2H3;3*6H,4-5H2,1-3H3;5-6H,3-4H2,1-2H3. The van der Waals surface area contributed by atoms with Crippen LogP contribution in [0.25, 0.3) is 4.85 Å². The van der Waals surface area contributed by atoms with Gasteiger partial charge in [-0.2, -0.15) is 0 Å². The van der Waals surface area contributed by atoms with Crippen LogP contribution in [0, 0.1) is 101 Å². The zero-order valence-electron chi connectivity index (χ0n) is 62.0. The molecule has 3 rings (SSSR count). The molecule has 0 unspecified atom stereocenters. The van der Waals surface area contributed by atoms with Crippen molar-refractivity contribution in [1.29, 1.82) is 0 Å². The van der Waals surface area contributed by atoms with Crippen molar-refractivity contribution >= 4 is 11.8 Å². The third-order valence-corrected chi connectivity index (χ3v) is 12.9. The Labute approximate surface area is 516 Å². The molecule has 0 aromatic heterocycles. The number of aliphatic hydroxyl groups excluding tert-OH is 1. The van der Waals surface area contributed by atoms with Gasteiger partial charge >= 0.3 is 0 Å². The number of aliphatic hydroxyl groups is 1. The van der Waals surface area contributed by atoms with Crippen LogP contribution in [0.15, 0.2) is 0 Å². The molecule has 0 aliphatic heterocycles. The predicted octanol–water partition coefficient (Wildman–Crippen LogP) is 24.1. The summed E-state index contributed by atoms with van der Waals surface area (Å²) in [5, 5.41) is 13.8. The number of carbonyl (C=O) groups excluding carboxylic acids is 2. The van der Waals surface area contributed by atoms with Gasteiger partial charge in [-0.1, -0.05) is 304 Å². The lowest BCUT2D eigenvalue weighted by molar-refractivity contribution is -0.124. The molecule has 3 aliphatic rings. The van der Waals surface area contributed by atoms with Crippen LogP contribution in [-0.2, 0) is 9.59 Å². The second-order valence-electron chi connectivity index (χ2n) is 30.3. The Balaban J connectivity index is -0.000000121. The van der Waals surface area contributed by atoms with Crippen molar-refractivity contribution in [2.45, 2.75) is 349 Å². The van der Waals surface area contributed by atoms with Gasteiger partial charge in [0.2, 0.25) is 18.4 Å². The molecule has 2 amide bonds. The van der Waals surface area contributed by atoms with Crippen LogP contribution in [0.3, 0.4) is 0 Å². The van der Waals surface area contributed by atoms with Crippen molar-refractivity contribution in [3.05, 3.63) is 11.4 Å². The van der Waals surface area contributed by atoms with E-state index in [9.17, 15) is 9.59 Å². The van der Waals surface area contributed by atoms with Crippen LogP contribution in [-0.4, -0.2) is 43.2 Å². The highest BCUT2D eigenvalue weighted by Crippen LogP contribution is 2.35. The lowest BCUT2D eigenvalue weighted by Crippen LogP contribution is -2.29. The lowest BCUT2D eigenvalue weighted by Gasteiger charge is -2.18. The maximum Gasteiger partial charge on any atom is 0.222 e. The van der Waals surface area contributed by atoms with E-state index in [1.54, 1.807) is 0 Å². The first kappa shape index (κ1) is 95.7. The maximum atomic E-state index is 11.0. The minimum atomic E-state index is 0.120. The van der Waals surface area contributed by atoms with Gasteiger partial charge in [0.15, 0.2) is 0 Å². The smallest absolute Gasteiger partial charge is 0.222 e. The Morgan fingerprint density at radius 1 is 0.432 bits per heavy atom. The van der Waals surface area contributed by atoms with Crippen LogP contribution < -0.4 is 10.6 Å². The minimum absolute atomic E-state index is 0.120. The number of hydrogen-bond acceptors (Lipinski definition) is 3. The Morgan fingerprint density at radius 3 is 0.901 bits per heavy atom. The fraction of sp³-hybridized carbons (Fsp3) is 0.960. The molecule has 3 fully saturated rings. The van der Waals surface area contributed by atoms with E-state index in [1.807, 2.05) is 34.6 Å². The Hall–Kier alpha value is -1.61. The van der Waals surface area contributed by atoms with E-state index in [2.05, 4.69) is 195 Å². The molecule has 6 heteroatoms. The molecule has 0 aromatic rings. The SMILES string of the molecule is CC(C)C(=O)NCC1CC1.CC(C)CC1CC1.CC(C)CCC(C)(C)C.CC(C)CCC(C)C.CC(C)CCC1CC1.CC(C)CCO.CCCC(C)C.CCCC(C)C.CCCC(C)C.CCNC(=O)C(C)C.[C-]#[N+]CCC(C)C. The van der Waals surface area contributed by atoms with E-state index in [-0.39, 0.29) is 23.7 Å². The van der Waals surface area contributed by atoms with E-state index in [1.165, 1.54) is 122 Å². The Bertz CT molecular complexity index is 1180. The van der Waals surface area contributed by atoms with E-state index in [0.717, 1.165) is 91.0 Å². The third kappa shape index (κ3) is 130. The minimum Gasteiger partial charge on any atom is -0.396 e. The molecule has 494 valence electrons. The number of rotatable bonds is 25. The predicted molar refractivity (Wildman–Crippen MR) is 372 cm³/mol. The van der Waals surface area contributed by atoms with E-state index in [0.29, 0.717) is 30.4 Å². The molecule has 0 radical (unpaired) electrons. The monoisotopic (exact) mass is 1150 g/mol. The summed E-state index contributed by atoms with van der Waals surface area (Å²) in [4.78, 5) is 24.8. The van der Waals surface area contributed by atoms with E-state index < -0.39 is 0 Å². The first-order valence-corrected chi connectivity index (χ1v) is 34.8. The Morgan fingerprint density at radius 2 is 0.753 bits per heavy atom. The topological polar surface area (TPSA) is 82.8 Å². The van der Waals surface area contributed by atoms with E-state index >= 15 is 0 Å². The molecule has 0 spiro atoms. The van der Waals surface area contributed by atoms with Crippen molar-refractivity contribution in [2.75, 3.05) is 26.2 Å². The quantitative estimate of drug-likeness (QED) is 0.0797. The normalized spacial score (nSPS) is 13.1. The fourth-order valence-electron chi connectivity index (χ4n) is 6.85. The molecular formula is C75H161N3O3. The molecule has 0 atom stereocenters. The zero-order valence-corrected chi connectivity index (χ0v) is 62.0. The van der Waals surface area contributed by atoms with Gasteiger partial charge in [-0.15, -0.1) is 0 Å². The van der Waals surface area contributed by atoms with Crippen LogP contribution >= 0.6 is 0 Å². The van der Waals surface area contributed by atoms with Crippen LogP contribution in [0.5, 0.6) is 0 Å². The highest BCUT2D eigenvalue weighted by molar-refractivity contribution is 5.78. The molecule has 0 heterocycles. The van der Waals surface area contributed by atoms with Crippen LogP contribution in [0.1, 0.15) is 349 Å². The van der Waals surface area contributed by atoms with Gasteiger partial charge in [0.05, 0.1) is 0 Å². The summed E-state index contributed by atoms with van der Waals surface area (Å²) in [7, 11) is 0. The van der Waals surface area contributed by atoms with Gasteiger partial charge in [-0.25, -0.2) is 6.57 Å². The third-order valence-electron chi connectivity index (χ3n) is 12.9. The summed E-state index contributed by atoms with van der Waals surface area (Å²) in [5.41, 5.74) is 0.532. The summed E-state index contributed by atoms with van der Waals surface area (Å²) >= 11 is 0. The summed E-state index contributed by atoms with van der Waals surface area (Å²) in [6.07, 6.45) is 28.7. The van der Waals surface area contributed by atoms with Crippen molar-refractivity contribution in [2.24, 2.45) is 94.2 Å². The molecule has 3 aliphatic carbocycles. The number of carbonyl (C=O) groups is 2. The first-order chi connectivity index (χ1) is 37.3. The molecule has 81 heavy (non-hydrogen) atoms. The summed E-state index contributed by atoms with van der Waals surface area (Å²) in [6, 6.07) is 0. The molecular weight excluding hydrogens is 991 g/mol. The van der Waals surface area contributed by atoms with E-state index in [4.69, 9.17) is 11.7 Å². The average Bonchev–Trinajstić information content (AvgIpc) is 4.18. The van der Waals surface area contributed by atoms with Crippen LogP contribution in [0.2, 0.25) is 0 Å². The largest absolute Gasteiger partial charge is 0.396 e. The van der Waals surface area contributed by atoms with Gasteiger partial charge < -0.3 is 20.6 Å². The molecule has 6 nitrogen and oxygen atoms in total. The summed E-state index contributed by atoms with van der Waals surface area (Å²) < 4.78 is 0. The lowest BCUT2D eigenvalue weighted by atomic mass is 9.88. The van der Waals surface area contributed by atoms with Crippen LogP contribution in [0.4, 0.5) is 0 Å². The van der Waals surface area contributed by atoms with Gasteiger partial charge in [0, 0.05) is 38.0 Å². The average molecular weight is 1150 g/mol. The molecule has 0 saturated heterocycles. The molecule has 3 N–H and O–H groups in total.